The van der Waals surface area contributed by atoms with E-state index in [2.05, 4.69) is 186 Å². The van der Waals surface area contributed by atoms with Gasteiger partial charge in [-0.15, -0.1) is 0 Å². The Labute approximate surface area is 282 Å². The highest BCUT2D eigenvalue weighted by Crippen LogP contribution is 2.62. The van der Waals surface area contributed by atoms with Crippen LogP contribution in [0.4, 0.5) is 5.69 Å². The maximum absolute atomic E-state index is 3.98. The van der Waals surface area contributed by atoms with Gasteiger partial charge in [-0.3, -0.25) is 0 Å². The second-order valence-electron chi connectivity index (χ2n) is 13.7. The van der Waals surface area contributed by atoms with Crippen LogP contribution in [0.25, 0.3) is 11.1 Å². The van der Waals surface area contributed by atoms with E-state index in [0.717, 1.165) is 6.42 Å². The van der Waals surface area contributed by atoms with Gasteiger partial charge in [0.05, 0.1) is 11.1 Å². The predicted octanol–water partition coefficient (Wildman–Crippen LogP) is 8.33. The third kappa shape index (κ3) is 3.83. The molecule has 2 N–H and O–H groups in total. The van der Waals surface area contributed by atoms with Crippen molar-refractivity contribution in [3.05, 3.63) is 209 Å². The van der Waals surface area contributed by atoms with E-state index in [4.69, 9.17) is 0 Å². The third-order valence-corrected chi connectivity index (χ3v) is 11.5. The number of benzene rings is 5. The fourth-order valence-electron chi connectivity index (χ4n) is 9.58. The van der Waals surface area contributed by atoms with E-state index < -0.39 is 0 Å². The van der Waals surface area contributed by atoms with E-state index >= 15 is 0 Å². The van der Waals surface area contributed by atoms with E-state index in [9.17, 15) is 0 Å². The summed E-state index contributed by atoms with van der Waals surface area (Å²) in [4.78, 5) is 0. The van der Waals surface area contributed by atoms with Gasteiger partial charge in [0.15, 0.2) is 12.3 Å². The van der Waals surface area contributed by atoms with Gasteiger partial charge in [-0.05, 0) is 51.8 Å². The maximum Gasteiger partial charge on any atom is 0.196 e. The minimum absolute atomic E-state index is 0.144. The third-order valence-electron chi connectivity index (χ3n) is 11.5. The van der Waals surface area contributed by atoms with Gasteiger partial charge in [-0.2, -0.15) is 5.01 Å². The molecule has 0 aromatic heterocycles. The topological polar surface area (TPSA) is 19.7 Å². The molecule has 3 nitrogen and oxygen atoms in total. The minimum Gasteiger partial charge on any atom is -0.215 e. The Hall–Kier alpha value is -5.22. The highest BCUT2D eigenvalue weighted by Gasteiger charge is 2.57. The first kappa shape index (κ1) is 27.9. The van der Waals surface area contributed by atoms with Gasteiger partial charge in [0.25, 0.3) is 0 Å². The Morgan fingerprint density at radius 3 is 1.96 bits per heavy atom. The first-order valence-corrected chi connectivity index (χ1v) is 17.4. The van der Waals surface area contributed by atoms with E-state index in [1.54, 1.807) is 0 Å². The number of hydrogen-bond acceptors (Lipinski definition) is 2. The lowest BCUT2D eigenvalue weighted by Crippen LogP contribution is -3.29. The first-order chi connectivity index (χ1) is 23.9. The number of nitrogens with zero attached hydrogens (tertiary/aromatic N) is 1. The lowest BCUT2D eigenvalue weighted by molar-refractivity contribution is -1.03. The van der Waals surface area contributed by atoms with Crippen molar-refractivity contribution >= 4 is 5.69 Å². The number of nitrogens with one attached hydrogen (secondary N) is 2. The van der Waals surface area contributed by atoms with Crippen LogP contribution in [0.3, 0.4) is 0 Å². The minimum atomic E-state index is -0.273. The van der Waals surface area contributed by atoms with Crippen molar-refractivity contribution in [2.75, 3.05) is 5.01 Å². The van der Waals surface area contributed by atoms with E-state index in [1.165, 1.54) is 55.2 Å². The molecule has 5 aromatic rings. The van der Waals surface area contributed by atoms with Crippen LogP contribution in [-0.4, -0.2) is 6.04 Å². The highest BCUT2D eigenvalue weighted by molar-refractivity contribution is 5.91. The second-order valence-corrected chi connectivity index (χ2v) is 13.7. The zero-order chi connectivity index (χ0) is 31.7. The van der Waals surface area contributed by atoms with Gasteiger partial charge in [-0.1, -0.05) is 170 Å². The Balaban J connectivity index is 1.22. The molecule has 6 unspecified atom stereocenters. The number of fused-ring (bicyclic) bond motifs is 7. The quantitative estimate of drug-likeness (QED) is 0.206. The fraction of sp³-hybridized carbons (Fsp3) is 0.156. The van der Waals surface area contributed by atoms with E-state index in [-0.39, 0.29) is 29.7 Å². The summed E-state index contributed by atoms with van der Waals surface area (Å²) in [6.45, 7) is 0. The number of anilines is 1. The largest absolute Gasteiger partial charge is 0.215 e. The molecule has 5 aliphatic rings. The normalized spacial score (nSPS) is 28.8. The summed E-state index contributed by atoms with van der Waals surface area (Å²) in [7, 11) is 0. The molecular formula is C45H38N3+. The van der Waals surface area contributed by atoms with Crippen molar-refractivity contribution in [2.24, 2.45) is 5.92 Å². The van der Waals surface area contributed by atoms with Gasteiger partial charge < -0.3 is 0 Å². The van der Waals surface area contributed by atoms with E-state index in [0.29, 0.717) is 5.92 Å². The van der Waals surface area contributed by atoms with Crippen molar-refractivity contribution in [3.8, 4) is 11.1 Å². The van der Waals surface area contributed by atoms with Crippen molar-refractivity contribution in [3.63, 3.8) is 0 Å². The van der Waals surface area contributed by atoms with Crippen LogP contribution in [0.15, 0.2) is 176 Å². The summed E-state index contributed by atoms with van der Waals surface area (Å²) in [5.74, 6) is 0.567. The molecule has 2 heterocycles. The van der Waals surface area contributed by atoms with Gasteiger partial charge >= 0.3 is 0 Å². The van der Waals surface area contributed by atoms with Crippen LogP contribution >= 0.6 is 0 Å². The fourth-order valence-corrected chi connectivity index (χ4v) is 9.58. The molecule has 3 aliphatic carbocycles. The molecule has 0 bridgehead atoms. The van der Waals surface area contributed by atoms with Crippen molar-refractivity contribution in [1.29, 1.82) is 0 Å². The summed E-state index contributed by atoms with van der Waals surface area (Å²) in [5, 5.41) is 8.12. The maximum atomic E-state index is 3.98. The molecule has 2 aliphatic heterocycles. The van der Waals surface area contributed by atoms with Crippen LogP contribution in [0, 0.1) is 5.92 Å². The molecule has 48 heavy (non-hydrogen) atoms. The number of hydrogen-bond donors (Lipinski definition) is 2. The SMILES string of the molecule is C1=CCC(C2(c3ccccc3)c3ccccc3-c3c2ccc2c3C3C=CC=CC3N2[NH+]2C(c3ccccc3)NC2c2ccccc2)C=C1. The Morgan fingerprint density at radius 1 is 0.604 bits per heavy atom. The second kappa shape index (κ2) is 10.9. The molecule has 232 valence electrons. The van der Waals surface area contributed by atoms with Crippen LogP contribution < -0.4 is 15.3 Å². The molecular weight excluding hydrogens is 583 g/mol. The number of rotatable bonds is 5. The van der Waals surface area contributed by atoms with Crippen LogP contribution in [0.2, 0.25) is 0 Å². The summed E-state index contributed by atoms with van der Waals surface area (Å²) in [5.41, 5.74) is 12.2. The van der Waals surface area contributed by atoms with Gasteiger partial charge in [0.1, 0.15) is 6.04 Å². The molecule has 5 aromatic carbocycles. The Kier molecular flexibility index (Phi) is 6.33. The molecule has 10 rings (SSSR count). The molecule has 1 fully saturated rings. The first-order valence-electron chi connectivity index (χ1n) is 17.4. The van der Waals surface area contributed by atoms with Crippen LogP contribution in [0.5, 0.6) is 0 Å². The lowest BCUT2D eigenvalue weighted by Gasteiger charge is -2.51. The zero-order valence-electron chi connectivity index (χ0n) is 26.8. The predicted molar refractivity (Wildman–Crippen MR) is 194 cm³/mol. The zero-order valence-corrected chi connectivity index (χ0v) is 26.8. The Bertz CT molecular complexity index is 2080. The van der Waals surface area contributed by atoms with Crippen molar-refractivity contribution in [1.82, 2.24) is 5.32 Å². The smallest absolute Gasteiger partial charge is 0.196 e. The molecule has 0 radical (unpaired) electrons. The molecule has 6 atom stereocenters. The monoisotopic (exact) mass is 620 g/mol. The average Bonchev–Trinajstić information content (AvgIpc) is 3.64. The molecule has 1 saturated heterocycles. The highest BCUT2D eigenvalue weighted by atomic mass is 15.8. The van der Waals surface area contributed by atoms with Gasteiger partial charge in [0, 0.05) is 17.0 Å². The Morgan fingerprint density at radius 2 is 1.25 bits per heavy atom. The molecule has 3 heteroatoms. The number of quaternary nitrogens is 1. The lowest BCUT2D eigenvalue weighted by atomic mass is 9.62. The molecule has 0 spiro atoms. The summed E-state index contributed by atoms with van der Waals surface area (Å²) in [6.07, 6.45) is 20.0. The summed E-state index contributed by atoms with van der Waals surface area (Å²) in [6, 6.07) is 47.7. The van der Waals surface area contributed by atoms with Crippen molar-refractivity contribution in [2.45, 2.75) is 36.1 Å². The van der Waals surface area contributed by atoms with Gasteiger partial charge in [-0.25, -0.2) is 10.3 Å². The molecule has 0 amide bonds. The van der Waals surface area contributed by atoms with Crippen LogP contribution in [0.1, 0.15) is 58.1 Å². The standard InChI is InChI=1S/C45H37N3/c1-5-17-31(18-6-1)43-46-44(32-19-7-2-8-20-32)48(43)47-39-28-16-14-26-36(39)42-40(47)30-29-38-41(42)35-25-13-15-27-37(35)45(38,33-21-9-3-10-22-33)34-23-11-4-12-24-34/h1-23,25-30,34,36,39,43-44,46H,24H2/p+1. The van der Waals surface area contributed by atoms with Crippen LogP contribution in [-0.2, 0) is 5.41 Å². The molecule has 0 saturated carbocycles. The van der Waals surface area contributed by atoms with Gasteiger partial charge in [0.2, 0.25) is 0 Å². The van der Waals surface area contributed by atoms with E-state index in [1.807, 2.05) is 0 Å². The van der Waals surface area contributed by atoms with Crippen molar-refractivity contribution < 1.29 is 5.01 Å². The average molecular weight is 621 g/mol. The summed E-state index contributed by atoms with van der Waals surface area (Å²) >= 11 is 0. The number of allylic oxidation sites excluding steroid dienone is 6. The summed E-state index contributed by atoms with van der Waals surface area (Å²) < 4.78 is 0.